The van der Waals surface area contributed by atoms with Crippen LogP contribution in [0.5, 0.6) is 0 Å². The van der Waals surface area contributed by atoms with Gasteiger partial charge in [-0.1, -0.05) is 19.8 Å². The average Bonchev–Trinajstić information content (AvgIpc) is 2.53. The predicted octanol–water partition coefficient (Wildman–Crippen LogP) is 1.63. The highest BCUT2D eigenvalue weighted by atomic mass is 16.5. The molecule has 0 aromatic carbocycles. The van der Waals surface area contributed by atoms with Crippen LogP contribution in [0.25, 0.3) is 0 Å². The second-order valence-electron chi connectivity index (χ2n) is 7.97. The highest BCUT2D eigenvalue weighted by Gasteiger charge is 2.42. The van der Waals surface area contributed by atoms with Crippen molar-refractivity contribution < 1.29 is 9.53 Å². The number of carbonyl (C=O) groups is 1. The van der Waals surface area contributed by atoms with E-state index in [1.54, 1.807) is 7.11 Å². The molecular weight excluding hydrogens is 290 g/mol. The maximum Gasteiger partial charge on any atom is 0.228 e. The molecule has 1 saturated carbocycles. The quantitative estimate of drug-likeness (QED) is 0.779. The van der Waals surface area contributed by atoms with E-state index in [2.05, 4.69) is 36.6 Å². The van der Waals surface area contributed by atoms with Gasteiger partial charge in [0.25, 0.3) is 0 Å². The molecule has 5 nitrogen and oxygen atoms in total. The van der Waals surface area contributed by atoms with Gasteiger partial charge in [-0.2, -0.15) is 0 Å². The lowest BCUT2D eigenvalue weighted by atomic mass is 9.74. The van der Waals surface area contributed by atoms with Gasteiger partial charge in [-0.15, -0.1) is 0 Å². The van der Waals surface area contributed by atoms with Gasteiger partial charge < -0.3 is 20.3 Å². The number of rotatable bonds is 6. The Hall–Kier alpha value is -0.650. The van der Waals surface area contributed by atoms with Crippen LogP contribution in [-0.4, -0.2) is 63.8 Å². The molecule has 1 amide bonds. The van der Waals surface area contributed by atoms with Crippen molar-refractivity contribution in [2.24, 2.45) is 11.3 Å². The molecule has 2 unspecified atom stereocenters. The van der Waals surface area contributed by atoms with E-state index in [9.17, 15) is 4.79 Å². The summed E-state index contributed by atoms with van der Waals surface area (Å²) in [5.41, 5.74) is -0.248. The summed E-state index contributed by atoms with van der Waals surface area (Å²) in [7, 11) is 6.00. The van der Waals surface area contributed by atoms with Crippen LogP contribution < -0.4 is 10.6 Å². The molecule has 5 heteroatoms. The van der Waals surface area contributed by atoms with Gasteiger partial charge in [-0.05, 0) is 58.8 Å². The van der Waals surface area contributed by atoms with Crippen LogP contribution in [0.3, 0.4) is 0 Å². The lowest BCUT2D eigenvalue weighted by Crippen LogP contribution is -2.58. The van der Waals surface area contributed by atoms with Crippen LogP contribution in [0, 0.1) is 11.3 Å². The van der Waals surface area contributed by atoms with Crippen LogP contribution in [0.4, 0.5) is 0 Å². The average molecular weight is 325 g/mol. The fraction of sp³-hybridized carbons (Fsp3) is 0.944. The minimum absolute atomic E-state index is 0.106. The standard InChI is InChI=1S/C18H35N3O2/c1-15-6-5-7-18(12-15,21(2)3)13-20-16(22)17(14-23-4)8-10-19-11-9-17/h15,19H,5-14H2,1-4H3,(H,20,22). The van der Waals surface area contributed by atoms with Gasteiger partial charge >= 0.3 is 0 Å². The zero-order valence-corrected chi connectivity index (χ0v) is 15.4. The van der Waals surface area contributed by atoms with Gasteiger partial charge in [0, 0.05) is 19.2 Å². The highest BCUT2D eigenvalue weighted by molar-refractivity contribution is 5.83. The van der Waals surface area contributed by atoms with Gasteiger partial charge in [0.2, 0.25) is 5.91 Å². The first-order valence-corrected chi connectivity index (χ1v) is 9.09. The minimum atomic E-state index is -0.353. The van der Waals surface area contributed by atoms with E-state index in [-0.39, 0.29) is 16.9 Å². The molecule has 1 aliphatic carbocycles. The summed E-state index contributed by atoms with van der Waals surface area (Å²) in [6.45, 7) is 5.39. The number of hydrogen-bond acceptors (Lipinski definition) is 4. The van der Waals surface area contributed by atoms with E-state index in [0.717, 1.165) is 38.4 Å². The minimum Gasteiger partial charge on any atom is -0.384 e. The van der Waals surface area contributed by atoms with Crippen LogP contribution >= 0.6 is 0 Å². The Balaban J connectivity index is 2.02. The van der Waals surface area contributed by atoms with Crippen molar-refractivity contribution in [1.29, 1.82) is 0 Å². The number of methoxy groups -OCH3 is 1. The van der Waals surface area contributed by atoms with E-state index in [4.69, 9.17) is 4.74 Å². The maximum atomic E-state index is 13.0. The number of carbonyl (C=O) groups excluding carboxylic acids is 1. The molecule has 2 atom stereocenters. The Morgan fingerprint density at radius 1 is 1.30 bits per heavy atom. The molecule has 2 fully saturated rings. The normalized spacial score (nSPS) is 31.1. The van der Waals surface area contributed by atoms with E-state index >= 15 is 0 Å². The molecule has 1 aliphatic heterocycles. The summed E-state index contributed by atoms with van der Waals surface area (Å²) in [4.78, 5) is 15.3. The first-order valence-electron chi connectivity index (χ1n) is 9.09. The van der Waals surface area contributed by atoms with E-state index in [1.165, 1.54) is 25.7 Å². The zero-order valence-electron chi connectivity index (χ0n) is 15.4. The molecule has 0 aromatic heterocycles. The molecule has 0 spiro atoms. The van der Waals surface area contributed by atoms with Crippen molar-refractivity contribution in [3.63, 3.8) is 0 Å². The fourth-order valence-corrected chi connectivity index (χ4v) is 4.41. The molecule has 1 heterocycles. The second-order valence-corrected chi connectivity index (χ2v) is 7.97. The number of ether oxygens (including phenoxy) is 1. The van der Waals surface area contributed by atoms with Gasteiger partial charge in [-0.25, -0.2) is 0 Å². The highest BCUT2D eigenvalue weighted by Crippen LogP contribution is 2.36. The summed E-state index contributed by atoms with van der Waals surface area (Å²) in [6, 6.07) is 0. The third kappa shape index (κ3) is 4.25. The lowest BCUT2D eigenvalue weighted by Gasteiger charge is -2.46. The largest absolute Gasteiger partial charge is 0.384 e. The molecule has 0 aromatic rings. The van der Waals surface area contributed by atoms with Crippen molar-refractivity contribution in [3.8, 4) is 0 Å². The number of hydrogen-bond donors (Lipinski definition) is 2. The number of amides is 1. The summed E-state index contributed by atoms with van der Waals surface area (Å²) in [6.07, 6.45) is 6.61. The van der Waals surface area contributed by atoms with Gasteiger partial charge in [0.05, 0.1) is 12.0 Å². The molecule has 1 saturated heterocycles. The summed E-state index contributed by atoms with van der Waals surface area (Å²) >= 11 is 0. The smallest absolute Gasteiger partial charge is 0.228 e. The van der Waals surface area contributed by atoms with Crippen LogP contribution in [0.2, 0.25) is 0 Å². The SMILES string of the molecule is COCC1(C(=O)NCC2(N(C)C)CCCC(C)C2)CCNCC1. The fourth-order valence-electron chi connectivity index (χ4n) is 4.41. The summed E-state index contributed by atoms with van der Waals surface area (Å²) < 4.78 is 5.39. The first kappa shape index (κ1) is 18.7. The lowest BCUT2D eigenvalue weighted by molar-refractivity contribution is -0.137. The molecular formula is C18H35N3O2. The van der Waals surface area contributed by atoms with Crippen LogP contribution in [0.1, 0.15) is 45.4 Å². The van der Waals surface area contributed by atoms with E-state index in [1.807, 2.05) is 0 Å². The summed E-state index contributed by atoms with van der Waals surface area (Å²) in [5, 5.41) is 6.65. The van der Waals surface area contributed by atoms with Gasteiger partial charge in [0.15, 0.2) is 0 Å². The monoisotopic (exact) mass is 325 g/mol. The molecule has 2 rings (SSSR count). The Bertz CT molecular complexity index is 388. The Morgan fingerprint density at radius 3 is 2.57 bits per heavy atom. The molecule has 23 heavy (non-hydrogen) atoms. The number of likely N-dealkylation sites (N-methyl/N-ethyl adjacent to an activating group) is 1. The van der Waals surface area contributed by atoms with Gasteiger partial charge in [0.1, 0.15) is 0 Å². The number of nitrogens with one attached hydrogen (secondary N) is 2. The van der Waals surface area contributed by atoms with Crippen molar-refractivity contribution in [2.45, 2.75) is 51.0 Å². The zero-order chi connectivity index (χ0) is 16.9. The van der Waals surface area contributed by atoms with Crippen molar-refractivity contribution in [1.82, 2.24) is 15.5 Å². The topological polar surface area (TPSA) is 53.6 Å². The van der Waals surface area contributed by atoms with Crippen molar-refractivity contribution in [2.75, 3.05) is 47.4 Å². The van der Waals surface area contributed by atoms with E-state index < -0.39 is 0 Å². The first-order chi connectivity index (χ1) is 10.9. The third-order valence-corrected chi connectivity index (χ3v) is 6.06. The molecule has 2 aliphatic rings. The van der Waals surface area contributed by atoms with E-state index in [0.29, 0.717) is 6.61 Å². The number of piperidine rings is 1. The molecule has 2 N–H and O–H groups in total. The molecule has 0 bridgehead atoms. The Kier molecular flexibility index (Phi) is 6.46. The molecule has 134 valence electrons. The molecule has 0 radical (unpaired) electrons. The number of nitrogens with zero attached hydrogens (tertiary/aromatic N) is 1. The Morgan fingerprint density at radius 2 is 2.00 bits per heavy atom. The third-order valence-electron chi connectivity index (χ3n) is 6.06. The van der Waals surface area contributed by atoms with Crippen molar-refractivity contribution >= 4 is 5.91 Å². The predicted molar refractivity (Wildman–Crippen MR) is 93.5 cm³/mol. The summed E-state index contributed by atoms with van der Waals surface area (Å²) in [5.74, 6) is 0.912. The maximum absolute atomic E-state index is 13.0. The Labute approximate surface area is 141 Å². The second kappa shape index (κ2) is 7.95. The van der Waals surface area contributed by atoms with Crippen LogP contribution in [-0.2, 0) is 9.53 Å². The van der Waals surface area contributed by atoms with Crippen molar-refractivity contribution in [3.05, 3.63) is 0 Å². The van der Waals surface area contributed by atoms with Crippen LogP contribution in [0.15, 0.2) is 0 Å². The van der Waals surface area contributed by atoms with Gasteiger partial charge in [-0.3, -0.25) is 4.79 Å².